The molecule has 1 atom stereocenters. The average molecular weight is 227 g/mol. The Morgan fingerprint density at radius 2 is 1.69 bits per heavy atom. The molecule has 80 valence electrons. The van der Waals surface area contributed by atoms with Crippen LogP contribution in [0.2, 0.25) is 0 Å². The molecule has 0 saturated carbocycles. The van der Waals surface area contributed by atoms with E-state index in [1.165, 1.54) is 6.92 Å². The quantitative estimate of drug-likeness (QED) is 0.406. The fourth-order valence-electron chi connectivity index (χ4n) is 0.318. The van der Waals surface area contributed by atoms with Crippen molar-refractivity contribution in [3.8, 4) is 0 Å². The summed E-state index contributed by atoms with van der Waals surface area (Å²) in [5.41, 5.74) is 0. The molecule has 0 amide bonds. The van der Waals surface area contributed by atoms with Gasteiger partial charge in [0.2, 0.25) is 0 Å². The molecule has 0 radical (unpaired) electrons. The molecule has 0 saturated heterocycles. The third-order valence-electron chi connectivity index (χ3n) is 0.788. The number of esters is 1. The smallest absolute Gasteiger partial charge is 0.300 e. The van der Waals surface area contributed by atoms with Crippen LogP contribution in [0.25, 0.3) is 0 Å². The van der Waals surface area contributed by atoms with Gasteiger partial charge in [-0.3, -0.25) is 4.79 Å². The molecule has 0 aliphatic carbocycles. The van der Waals surface area contributed by atoms with E-state index < -0.39 is 0 Å². The van der Waals surface area contributed by atoms with E-state index in [1.54, 1.807) is 0 Å². The molecule has 0 heterocycles. The number of aliphatic hydroxyl groups is 2. The summed E-state index contributed by atoms with van der Waals surface area (Å²) in [4.78, 5) is 10.2. The molecule has 13 heavy (non-hydrogen) atoms. The van der Waals surface area contributed by atoms with Gasteiger partial charge in [0, 0.05) is 42.9 Å². The first-order valence-corrected chi connectivity index (χ1v) is 3.56. The van der Waals surface area contributed by atoms with Crippen LogP contribution in [-0.4, -0.2) is 36.5 Å². The standard InChI is InChI=1S/C6H11O2.2CH4O.Ti/c1-4-5(2)8-6(3)7;2*1-2;/h5H,2,4H2,1,3H3;2*2H,1H3;/q-1;;;. The Labute approximate surface area is 95.2 Å². The van der Waals surface area contributed by atoms with Crippen molar-refractivity contribution in [1.82, 2.24) is 0 Å². The number of hydrogen-bond acceptors (Lipinski definition) is 4. The molecule has 1 unspecified atom stereocenters. The van der Waals surface area contributed by atoms with Crippen molar-refractivity contribution in [2.45, 2.75) is 26.4 Å². The van der Waals surface area contributed by atoms with Crippen molar-refractivity contribution in [2.24, 2.45) is 0 Å². The molecule has 0 fully saturated rings. The first-order valence-electron chi connectivity index (χ1n) is 3.56. The number of carbonyl (C=O) groups excluding carboxylic acids is 1. The molecule has 0 spiro atoms. The van der Waals surface area contributed by atoms with E-state index in [0.717, 1.165) is 20.6 Å². The second kappa shape index (κ2) is 22.7. The molecule has 4 nitrogen and oxygen atoms in total. The summed E-state index contributed by atoms with van der Waals surface area (Å²) in [5.74, 6) is -0.258. The van der Waals surface area contributed by atoms with Crippen LogP contribution in [0.15, 0.2) is 0 Å². The van der Waals surface area contributed by atoms with Gasteiger partial charge in [-0.25, -0.2) is 0 Å². The van der Waals surface area contributed by atoms with Crippen LogP contribution in [0.4, 0.5) is 0 Å². The Morgan fingerprint density at radius 1 is 1.38 bits per heavy atom. The molecule has 0 aromatic rings. The van der Waals surface area contributed by atoms with Gasteiger partial charge < -0.3 is 21.9 Å². The summed E-state index contributed by atoms with van der Waals surface area (Å²) >= 11 is 0. The summed E-state index contributed by atoms with van der Waals surface area (Å²) in [7, 11) is 2.00. The maximum atomic E-state index is 10.2. The average Bonchev–Trinajstić information content (AvgIpc) is 2.10. The van der Waals surface area contributed by atoms with E-state index in [-0.39, 0.29) is 33.8 Å². The zero-order valence-electron chi connectivity index (χ0n) is 8.70. The topological polar surface area (TPSA) is 66.8 Å². The van der Waals surface area contributed by atoms with Crippen molar-refractivity contribution < 1.29 is 41.5 Å². The number of aliphatic hydroxyl groups excluding tert-OH is 2. The van der Waals surface area contributed by atoms with Gasteiger partial charge in [0.15, 0.2) is 0 Å². The molecular formula is C8H19O4Ti-. The van der Waals surface area contributed by atoms with Crippen LogP contribution >= 0.6 is 0 Å². The van der Waals surface area contributed by atoms with Gasteiger partial charge in [0.05, 0.1) is 0 Å². The van der Waals surface area contributed by atoms with Crippen molar-refractivity contribution in [3.05, 3.63) is 6.92 Å². The fraction of sp³-hybridized carbons (Fsp3) is 0.750. The van der Waals surface area contributed by atoms with Gasteiger partial charge in [-0.15, -0.1) is 0 Å². The maximum absolute atomic E-state index is 10.2. The van der Waals surface area contributed by atoms with Crippen molar-refractivity contribution in [1.29, 1.82) is 0 Å². The number of ether oxygens (including phenoxy) is 1. The third-order valence-corrected chi connectivity index (χ3v) is 0.788. The molecule has 0 aliphatic heterocycles. The van der Waals surface area contributed by atoms with Crippen molar-refractivity contribution in [2.75, 3.05) is 14.2 Å². The largest absolute Gasteiger partial charge is 0.496 e. The molecule has 0 aromatic carbocycles. The van der Waals surface area contributed by atoms with Crippen LogP contribution < -0.4 is 0 Å². The monoisotopic (exact) mass is 227 g/mol. The molecular weight excluding hydrogens is 208 g/mol. The van der Waals surface area contributed by atoms with Crippen LogP contribution in [0.1, 0.15) is 20.3 Å². The van der Waals surface area contributed by atoms with Gasteiger partial charge in [-0.05, 0) is 12.5 Å². The van der Waals surface area contributed by atoms with E-state index in [2.05, 4.69) is 11.7 Å². The van der Waals surface area contributed by atoms with Crippen LogP contribution in [0, 0.1) is 6.92 Å². The van der Waals surface area contributed by atoms with Gasteiger partial charge in [-0.2, -0.15) is 0 Å². The Balaban J connectivity index is -0.0000000712. The van der Waals surface area contributed by atoms with E-state index >= 15 is 0 Å². The Kier molecular flexibility index (Phi) is 40.5. The predicted molar refractivity (Wildman–Crippen MR) is 47.5 cm³/mol. The number of carbonyl (C=O) groups is 1. The molecule has 0 bridgehead atoms. The summed E-state index contributed by atoms with van der Waals surface area (Å²) < 4.78 is 4.65. The molecule has 0 aromatic heterocycles. The van der Waals surface area contributed by atoms with Gasteiger partial charge in [0.1, 0.15) is 0 Å². The SMILES string of the molecule is CO.CO.[CH2-]C(CC)OC(C)=O.[Ti]. The van der Waals surface area contributed by atoms with Crippen LogP contribution in [-0.2, 0) is 31.2 Å². The number of hydrogen-bond donors (Lipinski definition) is 2. The van der Waals surface area contributed by atoms with E-state index in [0.29, 0.717) is 0 Å². The summed E-state index contributed by atoms with van der Waals surface area (Å²) in [6.45, 7) is 6.85. The van der Waals surface area contributed by atoms with Gasteiger partial charge in [-0.1, -0.05) is 6.92 Å². The minimum absolute atomic E-state index is 0. The summed E-state index contributed by atoms with van der Waals surface area (Å²) in [6, 6.07) is 0. The zero-order valence-corrected chi connectivity index (χ0v) is 10.3. The van der Waals surface area contributed by atoms with Crippen molar-refractivity contribution in [3.63, 3.8) is 0 Å². The van der Waals surface area contributed by atoms with Crippen LogP contribution in [0.5, 0.6) is 0 Å². The van der Waals surface area contributed by atoms with E-state index in [4.69, 9.17) is 10.2 Å². The first kappa shape index (κ1) is 23.2. The van der Waals surface area contributed by atoms with E-state index in [1.807, 2.05) is 6.92 Å². The second-order valence-corrected chi connectivity index (χ2v) is 1.64. The Bertz CT molecular complexity index is 88.2. The molecule has 2 N–H and O–H groups in total. The Morgan fingerprint density at radius 3 is 1.77 bits per heavy atom. The van der Waals surface area contributed by atoms with Gasteiger partial charge >= 0.3 is 0 Å². The zero-order chi connectivity index (χ0) is 10.6. The summed E-state index contributed by atoms with van der Waals surface area (Å²) in [6.07, 6.45) is 0.604. The third kappa shape index (κ3) is 33.2. The minimum atomic E-state index is -0.258. The summed E-state index contributed by atoms with van der Waals surface area (Å²) in [5, 5.41) is 14.0. The first-order chi connectivity index (χ1) is 5.66. The molecule has 0 aliphatic rings. The molecule has 5 heteroatoms. The second-order valence-electron chi connectivity index (χ2n) is 1.64. The Hall–Kier alpha value is 0.104. The maximum Gasteiger partial charge on any atom is 0.300 e. The minimum Gasteiger partial charge on any atom is -0.496 e. The molecule has 0 rings (SSSR count). The van der Waals surface area contributed by atoms with Crippen molar-refractivity contribution >= 4 is 5.97 Å². The van der Waals surface area contributed by atoms with Crippen LogP contribution in [0.3, 0.4) is 0 Å². The fourth-order valence-corrected chi connectivity index (χ4v) is 0.318. The van der Waals surface area contributed by atoms with Gasteiger partial charge in [0.25, 0.3) is 5.97 Å². The number of rotatable bonds is 2. The predicted octanol–water partition coefficient (Wildman–Crippen LogP) is 0.377. The van der Waals surface area contributed by atoms with E-state index in [9.17, 15) is 4.79 Å². The normalized spacial score (nSPS) is 8.85.